The number of benzene rings is 1. The summed E-state index contributed by atoms with van der Waals surface area (Å²) >= 11 is 11.8. The first kappa shape index (κ1) is 14.6. The third-order valence-corrected chi connectivity index (χ3v) is 7.07. The molecule has 3 rings (SSSR count). The fourth-order valence-electron chi connectivity index (χ4n) is 3.22. The highest BCUT2D eigenvalue weighted by atomic mass is 35.5. The van der Waals surface area contributed by atoms with Crippen molar-refractivity contribution in [1.82, 2.24) is 9.62 Å². The molecule has 0 saturated carbocycles. The Morgan fingerprint density at radius 3 is 2.65 bits per heavy atom. The lowest BCUT2D eigenvalue weighted by molar-refractivity contribution is 0.360. The van der Waals surface area contributed by atoms with E-state index in [2.05, 4.69) is 5.32 Å². The molecular formula is C13H16Cl2N2O2S. The van der Waals surface area contributed by atoms with E-state index in [9.17, 15) is 8.42 Å². The van der Waals surface area contributed by atoms with Gasteiger partial charge < -0.3 is 5.32 Å². The lowest BCUT2D eigenvalue weighted by Crippen LogP contribution is -2.38. The quantitative estimate of drug-likeness (QED) is 0.902. The zero-order valence-electron chi connectivity index (χ0n) is 11.0. The summed E-state index contributed by atoms with van der Waals surface area (Å²) in [4.78, 5) is 0.215. The van der Waals surface area contributed by atoms with Crippen molar-refractivity contribution in [2.24, 2.45) is 11.8 Å². The predicted molar refractivity (Wildman–Crippen MR) is 79.7 cm³/mol. The first-order valence-corrected chi connectivity index (χ1v) is 8.78. The van der Waals surface area contributed by atoms with Crippen molar-refractivity contribution in [2.75, 3.05) is 19.6 Å². The Morgan fingerprint density at radius 2 is 2.00 bits per heavy atom. The van der Waals surface area contributed by atoms with Crippen molar-refractivity contribution in [3.63, 3.8) is 0 Å². The van der Waals surface area contributed by atoms with E-state index in [0.717, 1.165) is 13.1 Å². The van der Waals surface area contributed by atoms with Gasteiger partial charge in [-0.2, -0.15) is 4.31 Å². The van der Waals surface area contributed by atoms with E-state index in [4.69, 9.17) is 23.2 Å². The highest BCUT2D eigenvalue weighted by molar-refractivity contribution is 7.89. The van der Waals surface area contributed by atoms with Gasteiger partial charge in [0, 0.05) is 12.6 Å². The third-order valence-electron chi connectivity index (χ3n) is 4.38. The van der Waals surface area contributed by atoms with Crippen LogP contribution in [0.3, 0.4) is 0 Å². The summed E-state index contributed by atoms with van der Waals surface area (Å²) in [6.07, 6.45) is 0. The highest BCUT2D eigenvalue weighted by Gasteiger charge is 2.46. The van der Waals surface area contributed by atoms with E-state index >= 15 is 0 Å². The maximum Gasteiger partial charge on any atom is 0.243 e. The second-order valence-corrected chi connectivity index (χ2v) is 8.18. The standard InChI is InChI=1S/C13H16Cl2N2O2S/c1-8-11-6-16-5-9(11)7-17(8)20(18,19)10-2-3-12(14)13(15)4-10/h2-4,8-9,11,16H,5-7H2,1H3. The number of hydrogen-bond donors (Lipinski definition) is 1. The highest BCUT2D eigenvalue weighted by Crippen LogP contribution is 2.37. The molecule has 3 unspecified atom stereocenters. The number of hydrogen-bond acceptors (Lipinski definition) is 3. The number of nitrogens with zero attached hydrogens (tertiary/aromatic N) is 1. The van der Waals surface area contributed by atoms with Crippen molar-refractivity contribution in [1.29, 1.82) is 0 Å². The van der Waals surface area contributed by atoms with Crippen LogP contribution in [0.5, 0.6) is 0 Å². The Labute approximate surface area is 129 Å². The van der Waals surface area contributed by atoms with Crippen LogP contribution in [-0.4, -0.2) is 38.4 Å². The van der Waals surface area contributed by atoms with Gasteiger partial charge in [-0.15, -0.1) is 0 Å². The summed E-state index contributed by atoms with van der Waals surface area (Å²) in [5.74, 6) is 0.801. The molecular weight excluding hydrogens is 319 g/mol. The van der Waals surface area contributed by atoms with Crippen molar-refractivity contribution in [2.45, 2.75) is 17.9 Å². The van der Waals surface area contributed by atoms with Gasteiger partial charge in [0.15, 0.2) is 0 Å². The number of nitrogens with one attached hydrogen (secondary N) is 1. The second kappa shape index (κ2) is 5.14. The zero-order chi connectivity index (χ0) is 14.5. The fourth-order valence-corrected chi connectivity index (χ4v) is 5.34. The maximum atomic E-state index is 12.7. The molecule has 2 aliphatic heterocycles. The van der Waals surface area contributed by atoms with E-state index in [1.807, 2.05) is 6.92 Å². The minimum atomic E-state index is -3.51. The van der Waals surface area contributed by atoms with Crippen molar-refractivity contribution in [3.8, 4) is 0 Å². The maximum absolute atomic E-state index is 12.7. The van der Waals surface area contributed by atoms with Gasteiger partial charge in [0.2, 0.25) is 10.0 Å². The molecule has 4 nitrogen and oxygen atoms in total. The number of rotatable bonds is 2. The molecule has 0 aromatic heterocycles. The summed E-state index contributed by atoms with van der Waals surface area (Å²) in [5.41, 5.74) is 0. The van der Waals surface area contributed by atoms with E-state index in [0.29, 0.717) is 23.4 Å². The summed E-state index contributed by atoms with van der Waals surface area (Å²) in [7, 11) is -3.51. The van der Waals surface area contributed by atoms with Gasteiger partial charge in [-0.25, -0.2) is 8.42 Å². The lowest BCUT2D eigenvalue weighted by atomic mass is 9.95. The van der Waals surface area contributed by atoms with E-state index < -0.39 is 10.0 Å². The molecule has 1 aromatic carbocycles. The Kier molecular flexibility index (Phi) is 3.75. The number of halogens is 2. The summed E-state index contributed by atoms with van der Waals surface area (Å²) < 4.78 is 27.1. The van der Waals surface area contributed by atoms with Crippen LogP contribution in [0.25, 0.3) is 0 Å². The molecule has 1 aromatic rings. The van der Waals surface area contributed by atoms with Crippen LogP contribution in [-0.2, 0) is 10.0 Å². The summed E-state index contributed by atoms with van der Waals surface area (Å²) in [5, 5.41) is 3.95. The van der Waals surface area contributed by atoms with Crippen LogP contribution >= 0.6 is 23.2 Å². The molecule has 3 atom stereocenters. The van der Waals surface area contributed by atoms with Crippen molar-refractivity contribution in [3.05, 3.63) is 28.2 Å². The summed E-state index contributed by atoms with van der Waals surface area (Å²) in [6.45, 7) is 4.33. The van der Waals surface area contributed by atoms with Crippen LogP contribution in [0, 0.1) is 11.8 Å². The van der Waals surface area contributed by atoms with Crippen LogP contribution in [0.15, 0.2) is 23.1 Å². The molecule has 2 saturated heterocycles. The minimum absolute atomic E-state index is 0.00875. The third kappa shape index (κ3) is 2.25. The zero-order valence-corrected chi connectivity index (χ0v) is 13.3. The van der Waals surface area contributed by atoms with Gasteiger partial charge in [0.1, 0.15) is 0 Å². The molecule has 1 N–H and O–H groups in total. The fraction of sp³-hybridized carbons (Fsp3) is 0.538. The predicted octanol–water partition coefficient (Wildman–Crippen LogP) is 2.22. The van der Waals surface area contributed by atoms with Crippen LogP contribution in [0.4, 0.5) is 0 Å². The SMILES string of the molecule is CC1C2CNCC2CN1S(=O)(=O)c1ccc(Cl)c(Cl)c1. The molecule has 0 amide bonds. The molecule has 110 valence electrons. The van der Waals surface area contributed by atoms with Gasteiger partial charge in [0.05, 0.1) is 14.9 Å². The van der Waals surface area contributed by atoms with Gasteiger partial charge >= 0.3 is 0 Å². The monoisotopic (exact) mass is 334 g/mol. The number of fused-ring (bicyclic) bond motifs is 1. The molecule has 0 bridgehead atoms. The largest absolute Gasteiger partial charge is 0.316 e. The van der Waals surface area contributed by atoms with Gasteiger partial charge in [0.25, 0.3) is 0 Å². The average molecular weight is 335 g/mol. The second-order valence-electron chi connectivity index (χ2n) is 5.47. The van der Waals surface area contributed by atoms with Crippen molar-refractivity contribution < 1.29 is 8.42 Å². The Hall–Kier alpha value is -0.330. The molecule has 7 heteroatoms. The molecule has 2 heterocycles. The first-order chi connectivity index (χ1) is 9.41. The van der Waals surface area contributed by atoms with Crippen LogP contribution < -0.4 is 5.32 Å². The van der Waals surface area contributed by atoms with Crippen LogP contribution in [0.2, 0.25) is 10.0 Å². The first-order valence-electron chi connectivity index (χ1n) is 6.59. The smallest absolute Gasteiger partial charge is 0.243 e. The Balaban J connectivity index is 1.94. The minimum Gasteiger partial charge on any atom is -0.316 e. The molecule has 0 spiro atoms. The van der Waals surface area contributed by atoms with E-state index in [1.165, 1.54) is 18.2 Å². The molecule has 2 aliphatic rings. The Bertz CT molecular complexity index is 635. The van der Waals surface area contributed by atoms with E-state index in [1.54, 1.807) is 4.31 Å². The average Bonchev–Trinajstić information content (AvgIpc) is 2.96. The van der Waals surface area contributed by atoms with Crippen LogP contribution in [0.1, 0.15) is 6.92 Å². The number of sulfonamides is 1. The topological polar surface area (TPSA) is 49.4 Å². The van der Waals surface area contributed by atoms with E-state index in [-0.39, 0.29) is 16.0 Å². The van der Waals surface area contributed by atoms with Gasteiger partial charge in [-0.3, -0.25) is 0 Å². The molecule has 2 fully saturated rings. The Morgan fingerprint density at radius 1 is 1.25 bits per heavy atom. The molecule has 0 aliphatic carbocycles. The van der Waals surface area contributed by atoms with Crippen molar-refractivity contribution >= 4 is 33.2 Å². The summed E-state index contributed by atoms with van der Waals surface area (Å²) in [6, 6.07) is 4.48. The van der Waals surface area contributed by atoms with Gasteiger partial charge in [-0.05, 0) is 50.0 Å². The lowest BCUT2D eigenvalue weighted by Gasteiger charge is -2.24. The molecule has 20 heavy (non-hydrogen) atoms. The molecule has 0 radical (unpaired) electrons. The normalized spacial score (nSPS) is 30.6. The van der Waals surface area contributed by atoms with Gasteiger partial charge in [-0.1, -0.05) is 23.2 Å².